The van der Waals surface area contributed by atoms with E-state index in [4.69, 9.17) is 0 Å². The molecular weight excluding hydrogens is 376 g/mol. The summed E-state index contributed by atoms with van der Waals surface area (Å²) in [6.45, 7) is 4.88. The van der Waals surface area contributed by atoms with E-state index in [0.29, 0.717) is 17.3 Å². The van der Waals surface area contributed by atoms with Gasteiger partial charge in [0.25, 0.3) is 11.6 Å². The molecular formula is C20H22N4O3S. The summed E-state index contributed by atoms with van der Waals surface area (Å²) >= 11 is 1.39. The summed E-state index contributed by atoms with van der Waals surface area (Å²) in [7, 11) is 0. The number of nitro benzene ring substituents is 1. The third kappa shape index (κ3) is 3.17. The maximum absolute atomic E-state index is 13.2. The first-order valence-electron chi connectivity index (χ1n) is 9.54. The first-order chi connectivity index (χ1) is 13.5. The predicted molar refractivity (Wildman–Crippen MR) is 109 cm³/mol. The SMILES string of the molecule is CC[C@H]1CCCCN1C(=O)c1sc2nc(-c3cccc([N+](=O)[O-])c3)cn2c1C. The molecule has 146 valence electrons. The van der Waals surface area contributed by atoms with Crippen molar-refractivity contribution in [1.82, 2.24) is 14.3 Å². The Morgan fingerprint density at radius 1 is 1.39 bits per heavy atom. The molecule has 8 heteroatoms. The van der Waals surface area contributed by atoms with Gasteiger partial charge in [-0.15, -0.1) is 0 Å². The number of amides is 1. The van der Waals surface area contributed by atoms with Crippen LogP contribution in [-0.2, 0) is 0 Å². The molecule has 0 radical (unpaired) electrons. The number of hydrogen-bond acceptors (Lipinski definition) is 5. The summed E-state index contributed by atoms with van der Waals surface area (Å²) in [4.78, 5) is 31.9. The first-order valence-corrected chi connectivity index (χ1v) is 10.4. The Morgan fingerprint density at radius 2 is 2.21 bits per heavy atom. The number of thiazole rings is 1. The number of carbonyl (C=O) groups excluding carboxylic acids is 1. The van der Waals surface area contributed by atoms with E-state index in [1.807, 2.05) is 22.4 Å². The van der Waals surface area contributed by atoms with E-state index < -0.39 is 4.92 Å². The molecule has 3 aromatic rings. The second-order valence-corrected chi connectivity index (χ2v) is 8.14. The molecule has 1 atom stereocenters. The number of piperidine rings is 1. The smallest absolute Gasteiger partial charge is 0.270 e. The van der Waals surface area contributed by atoms with Crippen LogP contribution >= 0.6 is 11.3 Å². The highest BCUT2D eigenvalue weighted by Crippen LogP contribution is 2.31. The molecule has 0 N–H and O–H groups in total. The Bertz CT molecular complexity index is 1060. The van der Waals surface area contributed by atoms with Crippen LogP contribution in [-0.4, -0.2) is 37.7 Å². The number of nitrogens with zero attached hydrogens (tertiary/aromatic N) is 4. The predicted octanol–water partition coefficient (Wildman–Crippen LogP) is 4.68. The monoisotopic (exact) mass is 398 g/mol. The highest BCUT2D eigenvalue weighted by atomic mass is 32.1. The third-order valence-corrected chi connectivity index (χ3v) is 6.61. The average molecular weight is 398 g/mol. The van der Waals surface area contributed by atoms with Gasteiger partial charge in [-0.3, -0.25) is 19.3 Å². The van der Waals surface area contributed by atoms with Crippen LogP contribution in [0.4, 0.5) is 5.69 Å². The summed E-state index contributed by atoms with van der Waals surface area (Å²) in [5, 5.41) is 11.0. The minimum absolute atomic E-state index is 0.0390. The molecule has 1 saturated heterocycles. The number of non-ortho nitro benzene ring substituents is 1. The Labute approximate surface area is 166 Å². The van der Waals surface area contributed by atoms with Crippen LogP contribution in [0.1, 0.15) is 48.0 Å². The number of imidazole rings is 1. The number of aryl methyl sites for hydroxylation is 1. The number of fused-ring (bicyclic) bond motifs is 1. The van der Waals surface area contributed by atoms with E-state index in [9.17, 15) is 14.9 Å². The molecule has 0 unspecified atom stereocenters. The second-order valence-electron chi connectivity index (χ2n) is 7.16. The standard InChI is InChI=1S/C20H22N4O3S/c1-3-15-8-4-5-10-22(15)19(25)18-13(2)23-12-17(21-20(23)28-18)14-7-6-9-16(11-14)24(26)27/h6-7,9,11-12,15H,3-5,8,10H2,1-2H3/t15-/m0/s1. The fourth-order valence-electron chi connectivity index (χ4n) is 3.89. The van der Waals surface area contributed by atoms with Gasteiger partial charge < -0.3 is 4.90 Å². The van der Waals surface area contributed by atoms with E-state index >= 15 is 0 Å². The fraction of sp³-hybridized carbons (Fsp3) is 0.400. The number of likely N-dealkylation sites (tertiary alicyclic amines) is 1. The molecule has 0 spiro atoms. The maximum atomic E-state index is 13.2. The van der Waals surface area contributed by atoms with Gasteiger partial charge in [0.15, 0.2) is 4.96 Å². The van der Waals surface area contributed by atoms with Crippen molar-refractivity contribution in [3.63, 3.8) is 0 Å². The van der Waals surface area contributed by atoms with Crippen LogP contribution in [0.25, 0.3) is 16.2 Å². The van der Waals surface area contributed by atoms with E-state index in [1.165, 1.54) is 29.9 Å². The van der Waals surface area contributed by atoms with Gasteiger partial charge in [0.2, 0.25) is 0 Å². The van der Waals surface area contributed by atoms with Gasteiger partial charge >= 0.3 is 0 Å². The van der Waals surface area contributed by atoms with Crippen molar-refractivity contribution in [2.24, 2.45) is 0 Å². The van der Waals surface area contributed by atoms with E-state index in [-0.39, 0.29) is 11.6 Å². The first kappa shape index (κ1) is 18.6. The molecule has 3 heterocycles. The normalized spacial score (nSPS) is 17.2. The molecule has 0 aliphatic carbocycles. The summed E-state index contributed by atoms with van der Waals surface area (Å²) < 4.78 is 1.91. The molecule has 7 nitrogen and oxygen atoms in total. The maximum Gasteiger partial charge on any atom is 0.270 e. The van der Waals surface area contributed by atoms with Gasteiger partial charge in [-0.1, -0.05) is 30.4 Å². The molecule has 28 heavy (non-hydrogen) atoms. The minimum Gasteiger partial charge on any atom is -0.335 e. The lowest BCUT2D eigenvalue weighted by Crippen LogP contribution is -2.43. The highest BCUT2D eigenvalue weighted by molar-refractivity contribution is 7.19. The van der Waals surface area contributed by atoms with Gasteiger partial charge in [-0.25, -0.2) is 4.98 Å². The van der Waals surface area contributed by atoms with Crippen molar-refractivity contribution in [2.75, 3.05) is 6.54 Å². The third-order valence-electron chi connectivity index (χ3n) is 5.46. The molecule has 1 aromatic carbocycles. The van der Waals surface area contributed by atoms with Crippen LogP contribution in [0.2, 0.25) is 0 Å². The number of rotatable bonds is 4. The molecule has 1 aliphatic heterocycles. The number of aromatic nitrogens is 2. The Balaban J connectivity index is 1.68. The van der Waals surface area contributed by atoms with Gasteiger partial charge in [0.1, 0.15) is 4.88 Å². The van der Waals surface area contributed by atoms with Crippen LogP contribution in [0.15, 0.2) is 30.5 Å². The van der Waals surface area contributed by atoms with Crippen LogP contribution in [0, 0.1) is 17.0 Å². The Morgan fingerprint density at radius 3 is 2.93 bits per heavy atom. The van der Waals surface area contributed by atoms with E-state index in [1.54, 1.807) is 12.1 Å². The molecule has 4 rings (SSSR count). The molecule has 2 aromatic heterocycles. The van der Waals surface area contributed by atoms with Crippen molar-refractivity contribution >= 4 is 27.9 Å². The van der Waals surface area contributed by atoms with Crippen molar-refractivity contribution in [1.29, 1.82) is 0 Å². The Hall–Kier alpha value is -2.74. The van der Waals surface area contributed by atoms with Gasteiger partial charge in [0.05, 0.1) is 10.6 Å². The topological polar surface area (TPSA) is 80.8 Å². The summed E-state index contributed by atoms with van der Waals surface area (Å²) in [6, 6.07) is 6.76. The van der Waals surface area contributed by atoms with Crippen LogP contribution < -0.4 is 0 Å². The number of hydrogen-bond donors (Lipinski definition) is 0. The fourth-order valence-corrected chi connectivity index (χ4v) is 4.95. The molecule has 1 aliphatic rings. The summed E-state index contributed by atoms with van der Waals surface area (Å²) in [5.74, 6) is 0.0939. The van der Waals surface area contributed by atoms with Crippen LogP contribution in [0.5, 0.6) is 0 Å². The average Bonchev–Trinajstić information content (AvgIpc) is 3.27. The summed E-state index contributed by atoms with van der Waals surface area (Å²) in [6.07, 6.45) is 6.14. The van der Waals surface area contributed by atoms with Crippen molar-refractivity contribution < 1.29 is 9.72 Å². The molecule has 0 saturated carbocycles. The molecule has 0 bridgehead atoms. The molecule has 1 amide bonds. The zero-order valence-corrected chi connectivity index (χ0v) is 16.7. The minimum atomic E-state index is -0.410. The van der Waals surface area contributed by atoms with E-state index in [0.717, 1.165) is 41.3 Å². The quantitative estimate of drug-likeness (QED) is 0.472. The zero-order chi connectivity index (χ0) is 19.8. The zero-order valence-electron chi connectivity index (χ0n) is 15.9. The van der Waals surface area contributed by atoms with Gasteiger partial charge in [0, 0.05) is 42.2 Å². The van der Waals surface area contributed by atoms with Crippen molar-refractivity contribution in [3.8, 4) is 11.3 Å². The lowest BCUT2D eigenvalue weighted by molar-refractivity contribution is -0.384. The van der Waals surface area contributed by atoms with Gasteiger partial charge in [-0.05, 0) is 32.6 Å². The highest BCUT2D eigenvalue weighted by Gasteiger charge is 2.29. The second kappa shape index (κ2) is 7.35. The largest absolute Gasteiger partial charge is 0.335 e. The van der Waals surface area contributed by atoms with Crippen molar-refractivity contribution in [2.45, 2.75) is 45.6 Å². The van der Waals surface area contributed by atoms with Crippen LogP contribution in [0.3, 0.4) is 0 Å². The number of benzene rings is 1. The van der Waals surface area contributed by atoms with Gasteiger partial charge in [-0.2, -0.15) is 0 Å². The number of carbonyl (C=O) groups is 1. The lowest BCUT2D eigenvalue weighted by Gasteiger charge is -2.35. The van der Waals surface area contributed by atoms with E-state index in [2.05, 4.69) is 11.9 Å². The van der Waals surface area contributed by atoms with Crippen molar-refractivity contribution in [3.05, 3.63) is 51.1 Å². The lowest BCUT2D eigenvalue weighted by atomic mass is 10.00. The molecule has 1 fully saturated rings. The number of nitro groups is 1. The summed E-state index contributed by atoms with van der Waals surface area (Å²) in [5.41, 5.74) is 2.27. The Kier molecular flexibility index (Phi) is 4.89.